The van der Waals surface area contributed by atoms with E-state index >= 15 is 0 Å². The Morgan fingerprint density at radius 2 is 2.25 bits per heavy atom. The van der Waals surface area contributed by atoms with E-state index in [0.717, 1.165) is 0 Å². The molecule has 3 heteroatoms. The van der Waals surface area contributed by atoms with Crippen LogP contribution >= 0.6 is 0 Å². The number of alkyl halides is 1. The molecule has 1 heterocycles. The molecule has 1 N–H and O–H groups in total. The Hall–Kier alpha value is -0.960. The molecule has 0 saturated heterocycles. The highest BCUT2D eigenvalue weighted by Gasteiger charge is 2.20. The second kappa shape index (κ2) is 3.19. The van der Waals surface area contributed by atoms with E-state index in [1.807, 2.05) is 0 Å². The molecular formula is C9H12FNO. The molecule has 0 radical (unpaired) electrons. The van der Waals surface area contributed by atoms with Crippen LogP contribution in [-0.4, -0.2) is 10.1 Å². The maximum Gasteiger partial charge on any atom is 0.147 e. The number of aliphatic hydroxyl groups is 1. The molecule has 12 heavy (non-hydrogen) atoms. The molecule has 0 aromatic carbocycles. The minimum absolute atomic E-state index is 0.0778. The monoisotopic (exact) mass is 169 g/mol. The fourth-order valence-corrected chi connectivity index (χ4v) is 0.898. The highest BCUT2D eigenvalue weighted by molar-refractivity contribution is 5.19. The number of halogens is 1. The van der Waals surface area contributed by atoms with Gasteiger partial charge in [0.15, 0.2) is 0 Å². The van der Waals surface area contributed by atoms with E-state index in [1.54, 1.807) is 12.1 Å². The minimum Gasteiger partial charge on any atom is -0.392 e. The van der Waals surface area contributed by atoms with Crippen LogP contribution in [0, 0.1) is 0 Å². The van der Waals surface area contributed by atoms with E-state index in [4.69, 9.17) is 5.11 Å². The maximum atomic E-state index is 13.3. The Balaban J connectivity index is 3.02. The Morgan fingerprint density at radius 3 is 2.75 bits per heavy atom. The van der Waals surface area contributed by atoms with E-state index in [-0.39, 0.29) is 6.61 Å². The molecule has 0 amide bonds. The van der Waals surface area contributed by atoms with Gasteiger partial charge >= 0.3 is 0 Å². The van der Waals surface area contributed by atoms with Gasteiger partial charge in [-0.2, -0.15) is 0 Å². The number of aliphatic hydroxyl groups excluding tert-OH is 1. The van der Waals surface area contributed by atoms with Gasteiger partial charge in [0.2, 0.25) is 0 Å². The van der Waals surface area contributed by atoms with Crippen LogP contribution in [0.15, 0.2) is 18.3 Å². The first-order valence-electron chi connectivity index (χ1n) is 3.79. The van der Waals surface area contributed by atoms with Crippen LogP contribution in [0.2, 0.25) is 0 Å². The molecule has 0 aliphatic carbocycles. The van der Waals surface area contributed by atoms with Crippen LogP contribution in [0.1, 0.15) is 25.1 Å². The van der Waals surface area contributed by atoms with Gasteiger partial charge in [-0.25, -0.2) is 4.39 Å². The summed E-state index contributed by atoms with van der Waals surface area (Å²) in [7, 11) is 0. The van der Waals surface area contributed by atoms with Crippen molar-refractivity contribution < 1.29 is 9.50 Å². The molecule has 66 valence electrons. The van der Waals surface area contributed by atoms with Gasteiger partial charge in [0.25, 0.3) is 0 Å². The van der Waals surface area contributed by atoms with Crippen LogP contribution in [-0.2, 0) is 12.3 Å². The highest BCUT2D eigenvalue weighted by Crippen LogP contribution is 2.22. The first kappa shape index (κ1) is 9.13. The standard InChI is InChI=1S/C9H12FNO/c1-9(2,10)8-5-7(6-12)3-4-11-8/h3-5,12H,6H2,1-2H3. The van der Waals surface area contributed by atoms with E-state index in [2.05, 4.69) is 4.98 Å². The Kier molecular flexibility index (Phi) is 2.43. The molecule has 0 fully saturated rings. The Labute approximate surface area is 71.1 Å². The largest absolute Gasteiger partial charge is 0.392 e. The zero-order valence-corrected chi connectivity index (χ0v) is 7.21. The second-order valence-electron chi connectivity index (χ2n) is 3.18. The van der Waals surface area contributed by atoms with Gasteiger partial charge in [-0.3, -0.25) is 4.98 Å². The third kappa shape index (κ3) is 2.01. The first-order valence-corrected chi connectivity index (χ1v) is 3.79. The Bertz CT molecular complexity index is 267. The lowest BCUT2D eigenvalue weighted by molar-refractivity contribution is 0.213. The predicted octanol–water partition coefficient (Wildman–Crippen LogP) is 1.78. The molecule has 0 atom stereocenters. The van der Waals surface area contributed by atoms with Crippen LogP contribution in [0.5, 0.6) is 0 Å². The maximum absolute atomic E-state index is 13.3. The summed E-state index contributed by atoms with van der Waals surface area (Å²) in [4.78, 5) is 3.87. The third-order valence-corrected chi connectivity index (χ3v) is 1.62. The van der Waals surface area contributed by atoms with Gasteiger partial charge in [-0.05, 0) is 31.5 Å². The van der Waals surface area contributed by atoms with E-state index in [9.17, 15) is 4.39 Å². The molecule has 1 rings (SSSR count). The molecule has 2 nitrogen and oxygen atoms in total. The summed E-state index contributed by atoms with van der Waals surface area (Å²) >= 11 is 0. The van der Waals surface area contributed by atoms with Gasteiger partial charge < -0.3 is 5.11 Å². The van der Waals surface area contributed by atoms with Crippen molar-refractivity contribution in [1.82, 2.24) is 4.98 Å². The predicted molar refractivity (Wildman–Crippen MR) is 44.3 cm³/mol. The van der Waals surface area contributed by atoms with Crippen LogP contribution < -0.4 is 0 Å². The van der Waals surface area contributed by atoms with Crippen molar-refractivity contribution in [2.45, 2.75) is 26.1 Å². The first-order chi connectivity index (χ1) is 5.54. The fourth-order valence-electron chi connectivity index (χ4n) is 0.898. The molecule has 1 aromatic heterocycles. The molecule has 0 bridgehead atoms. The molecular weight excluding hydrogens is 157 g/mol. The van der Waals surface area contributed by atoms with E-state index < -0.39 is 5.67 Å². The lowest BCUT2D eigenvalue weighted by Crippen LogP contribution is -2.11. The van der Waals surface area contributed by atoms with Crippen molar-refractivity contribution in [3.05, 3.63) is 29.6 Å². The van der Waals surface area contributed by atoms with Crippen molar-refractivity contribution in [3.63, 3.8) is 0 Å². The molecule has 0 spiro atoms. The molecule has 0 aliphatic heterocycles. The van der Waals surface area contributed by atoms with Gasteiger partial charge in [-0.15, -0.1) is 0 Å². The second-order valence-corrected chi connectivity index (χ2v) is 3.18. The smallest absolute Gasteiger partial charge is 0.147 e. The lowest BCUT2D eigenvalue weighted by atomic mass is 10.1. The van der Waals surface area contributed by atoms with Crippen LogP contribution in [0.4, 0.5) is 4.39 Å². The number of pyridine rings is 1. The van der Waals surface area contributed by atoms with Crippen molar-refractivity contribution in [2.24, 2.45) is 0 Å². The van der Waals surface area contributed by atoms with Crippen molar-refractivity contribution >= 4 is 0 Å². The zero-order valence-electron chi connectivity index (χ0n) is 7.21. The van der Waals surface area contributed by atoms with Crippen LogP contribution in [0.3, 0.4) is 0 Å². The average Bonchev–Trinajstić information content (AvgIpc) is 2.03. The summed E-state index contributed by atoms with van der Waals surface area (Å²) in [6.45, 7) is 2.80. The van der Waals surface area contributed by atoms with Gasteiger partial charge in [0, 0.05) is 6.20 Å². The topological polar surface area (TPSA) is 33.1 Å². The van der Waals surface area contributed by atoms with Gasteiger partial charge in [0.1, 0.15) is 5.67 Å². The summed E-state index contributed by atoms with van der Waals surface area (Å²) in [5.74, 6) is 0. The SMILES string of the molecule is CC(C)(F)c1cc(CO)ccn1. The quantitative estimate of drug-likeness (QED) is 0.732. The number of hydrogen-bond donors (Lipinski definition) is 1. The van der Waals surface area contributed by atoms with Crippen molar-refractivity contribution in [2.75, 3.05) is 0 Å². The summed E-state index contributed by atoms with van der Waals surface area (Å²) in [6.07, 6.45) is 1.50. The fraction of sp³-hybridized carbons (Fsp3) is 0.444. The molecule has 0 aliphatic rings. The van der Waals surface area contributed by atoms with E-state index in [0.29, 0.717) is 11.3 Å². The molecule has 1 aromatic rings. The van der Waals surface area contributed by atoms with Crippen molar-refractivity contribution in [3.8, 4) is 0 Å². The summed E-state index contributed by atoms with van der Waals surface area (Å²) in [6, 6.07) is 3.23. The number of aromatic nitrogens is 1. The summed E-state index contributed by atoms with van der Waals surface area (Å²) < 4.78 is 13.3. The summed E-state index contributed by atoms with van der Waals surface area (Å²) in [5, 5.41) is 8.78. The molecule has 0 unspecified atom stereocenters. The van der Waals surface area contributed by atoms with E-state index in [1.165, 1.54) is 20.0 Å². The average molecular weight is 169 g/mol. The normalized spacial score (nSPS) is 11.7. The van der Waals surface area contributed by atoms with Crippen LogP contribution in [0.25, 0.3) is 0 Å². The Morgan fingerprint density at radius 1 is 1.58 bits per heavy atom. The highest BCUT2D eigenvalue weighted by atomic mass is 19.1. The summed E-state index contributed by atoms with van der Waals surface area (Å²) in [5.41, 5.74) is -0.398. The molecule has 0 saturated carbocycles. The lowest BCUT2D eigenvalue weighted by Gasteiger charge is -2.13. The number of hydrogen-bond acceptors (Lipinski definition) is 2. The van der Waals surface area contributed by atoms with Gasteiger partial charge in [0.05, 0.1) is 12.3 Å². The van der Waals surface area contributed by atoms with Gasteiger partial charge in [-0.1, -0.05) is 0 Å². The number of nitrogens with zero attached hydrogens (tertiary/aromatic N) is 1. The number of rotatable bonds is 2. The zero-order chi connectivity index (χ0) is 9.19. The minimum atomic E-state index is -1.44. The third-order valence-electron chi connectivity index (χ3n) is 1.62. The van der Waals surface area contributed by atoms with Crippen molar-refractivity contribution in [1.29, 1.82) is 0 Å².